The number of amides is 3. The number of aliphatic imine (C=N–C) groups is 1. The molecule has 6 rings (SSSR count). The van der Waals surface area contributed by atoms with Crippen molar-refractivity contribution in [2.45, 2.75) is 130 Å². The summed E-state index contributed by atoms with van der Waals surface area (Å²) in [5.74, 6) is 1.57. The van der Waals surface area contributed by atoms with Gasteiger partial charge in [-0.05, 0) is 101 Å². The third kappa shape index (κ3) is 9.29. The lowest BCUT2D eigenvalue weighted by Gasteiger charge is -2.34. The first-order valence-corrected chi connectivity index (χ1v) is 20.1. The Labute approximate surface area is 331 Å². The SMILES string of the molecule is CCN=C=O.CCNC(=O)OC1=C(c2c(CC)cc(C)cc2OC)C(=O)NC12CCCCC2.CCc1cc(C)cc(OC)c1C1=C(O)C2(CCCCC2)NC1=O. The highest BCUT2D eigenvalue weighted by atomic mass is 16.6. The van der Waals surface area contributed by atoms with Crippen LogP contribution in [0.15, 0.2) is 40.8 Å². The maximum absolute atomic E-state index is 13.2. The Morgan fingerprint density at radius 2 is 1.23 bits per heavy atom. The molecule has 0 saturated heterocycles. The van der Waals surface area contributed by atoms with Crippen molar-refractivity contribution in [2.24, 2.45) is 4.99 Å². The van der Waals surface area contributed by atoms with Gasteiger partial charge in [0, 0.05) is 24.2 Å². The van der Waals surface area contributed by atoms with Crippen LogP contribution in [-0.4, -0.2) is 67.5 Å². The number of hydrogen-bond acceptors (Lipinski definition) is 9. The van der Waals surface area contributed by atoms with Crippen LogP contribution in [0.4, 0.5) is 4.79 Å². The number of aliphatic hydroxyl groups is 1. The fourth-order valence-electron chi connectivity index (χ4n) is 8.43. The lowest BCUT2D eigenvalue weighted by atomic mass is 9.80. The van der Waals surface area contributed by atoms with Crippen LogP contribution < -0.4 is 25.4 Å². The molecule has 2 aliphatic heterocycles. The Morgan fingerprint density at radius 1 is 0.768 bits per heavy atom. The second kappa shape index (κ2) is 19.7. The van der Waals surface area contributed by atoms with Gasteiger partial charge in [-0.25, -0.2) is 14.6 Å². The van der Waals surface area contributed by atoms with Gasteiger partial charge in [0.05, 0.1) is 36.4 Å². The van der Waals surface area contributed by atoms with Gasteiger partial charge in [0.15, 0.2) is 0 Å². The summed E-state index contributed by atoms with van der Waals surface area (Å²) in [6, 6.07) is 7.98. The van der Waals surface area contributed by atoms with E-state index in [-0.39, 0.29) is 17.6 Å². The highest BCUT2D eigenvalue weighted by Gasteiger charge is 2.50. The molecular formula is C44H60N4O8. The first-order chi connectivity index (χ1) is 26.9. The molecule has 3 amide bonds. The Bertz CT molecular complexity index is 1830. The average Bonchev–Trinajstić information content (AvgIpc) is 3.57. The molecule has 2 saturated carbocycles. The molecule has 4 N–H and O–H groups in total. The number of alkyl carbamates (subject to hydrolysis) is 1. The lowest BCUT2D eigenvalue weighted by Crippen LogP contribution is -2.47. The second-order valence-electron chi connectivity index (χ2n) is 14.8. The first kappa shape index (κ1) is 43.6. The van der Waals surface area contributed by atoms with E-state index in [9.17, 15) is 19.5 Å². The van der Waals surface area contributed by atoms with E-state index in [1.165, 1.54) is 6.08 Å². The number of nitrogens with zero attached hydrogens (tertiary/aromatic N) is 1. The number of rotatable bonds is 9. The van der Waals surface area contributed by atoms with E-state index < -0.39 is 17.2 Å². The smallest absolute Gasteiger partial charge is 0.412 e. The zero-order valence-electron chi connectivity index (χ0n) is 34.5. The standard InChI is InChI=1S/C22H30N2O4.C19H25NO3.C3H5NO/c1-5-15-12-14(3)13-16(27-4)17(15)18-19(28-21(26)23-6-2)22(24-20(18)25)10-8-7-9-11-22;1-4-13-10-12(2)11-14(23-3)15(13)16-17(21)19(20-18(16)22)8-6-5-7-9-19;1-2-4-3-5/h12-13H,5-11H2,1-4H3,(H,23,26)(H,24,25);10-11,21H,4-9H2,1-3H3,(H,20,22);2H2,1H3. The number of benzene rings is 2. The molecular weight excluding hydrogens is 713 g/mol. The number of aliphatic hydroxyl groups excluding tert-OH is 1. The van der Waals surface area contributed by atoms with Gasteiger partial charge in [-0.15, -0.1) is 0 Å². The molecule has 0 aromatic heterocycles. The van der Waals surface area contributed by atoms with Crippen molar-refractivity contribution in [2.75, 3.05) is 27.3 Å². The first-order valence-electron chi connectivity index (χ1n) is 20.1. The number of carbonyl (C=O) groups excluding carboxylic acids is 4. The monoisotopic (exact) mass is 772 g/mol. The third-order valence-corrected chi connectivity index (χ3v) is 11.0. The Balaban J connectivity index is 0.000000225. The Morgan fingerprint density at radius 3 is 1.66 bits per heavy atom. The fourth-order valence-corrected chi connectivity index (χ4v) is 8.43. The van der Waals surface area contributed by atoms with Gasteiger partial charge in [0.2, 0.25) is 6.08 Å². The van der Waals surface area contributed by atoms with Gasteiger partial charge in [-0.1, -0.05) is 64.5 Å². The molecule has 2 fully saturated rings. The minimum Gasteiger partial charge on any atom is -0.509 e. The fraction of sp³-hybridized carbons (Fsp3) is 0.545. The summed E-state index contributed by atoms with van der Waals surface area (Å²) in [7, 11) is 3.21. The van der Waals surface area contributed by atoms with Crippen LogP contribution in [0.1, 0.15) is 125 Å². The van der Waals surface area contributed by atoms with Crippen molar-refractivity contribution >= 4 is 35.1 Å². The minimum atomic E-state index is -0.614. The van der Waals surface area contributed by atoms with E-state index in [0.29, 0.717) is 41.5 Å². The maximum atomic E-state index is 13.2. The summed E-state index contributed by atoms with van der Waals surface area (Å²) in [4.78, 5) is 50.5. The van der Waals surface area contributed by atoms with Gasteiger partial charge in [0.25, 0.3) is 11.8 Å². The number of hydrogen-bond donors (Lipinski definition) is 4. The predicted octanol–water partition coefficient (Wildman–Crippen LogP) is 7.87. The van der Waals surface area contributed by atoms with Crippen LogP contribution >= 0.6 is 0 Å². The number of nitrogens with one attached hydrogen (secondary N) is 3. The molecule has 56 heavy (non-hydrogen) atoms. The molecule has 0 atom stereocenters. The van der Waals surface area contributed by atoms with Crippen LogP contribution in [0, 0.1) is 13.8 Å². The zero-order chi connectivity index (χ0) is 41.0. The van der Waals surface area contributed by atoms with Gasteiger partial charge >= 0.3 is 6.09 Å². The molecule has 2 aromatic rings. The van der Waals surface area contributed by atoms with E-state index in [2.05, 4.69) is 40.0 Å². The lowest BCUT2D eigenvalue weighted by molar-refractivity contribution is -0.117. The molecule has 304 valence electrons. The van der Waals surface area contributed by atoms with E-state index in [0.717, 1.165) is 110 Å². The molecule has 0 bridgehead atoms. The quantitative estimate of drug-likeness (QED) is 0.148. The van der Waals surface area contributed by atoms with Crippen molar-refractivity contribution < 1.29 is 38.5 Å². The Kier molecular flexibility index (Phi) is 15.3. The topological polar surface area (TPSA) is 165 Å². The predicted molar refractivity (Wildman–Crippen MR) is 217 cm³/mol. The number of methoxy groups -OCH3 is 2. The minimum absolute atomic E-state index is 0.179. The van der Waals surface area contributed by atoms with Crippen LogP contribution in [0.2, 0.25) is 0 Å². The van der Waals surface area contributed by atoms with E-state index in [1.54, 1.807) is 21.1 Å². The van der Waals surface area contributed by atoms with Crippen molar-refractivity contribution in [3.8, 4) is 11.5 Å². The molecule has 4 aliphatic rings. The van der Waals surface area contributed by atoms with Crippen molar-refractivity contribution in [3.63, 3.8) is 0 Å². The van der Waals surface area contributed by atoms with Crippen molar-refractivity contribution in [1.82, 2.24) is 16.0 Å². The number of carbonyl (C=O) groups is 3. The zero-order valence-corrected chi connectivity index (χ0v) is 34.5. The molecule has 12 heteroatoms. The van der Waals surface area contributed by atoms with E-state index >= 15 is 0 Å². The van der Waals surface area contributed by atoms with E-state index in [1.807, 2.05) is 39.8 Å². The summed E-state index contributed by atoms with van der Waals surface area (Å²) in [6.45, 7) is 12.7. The summed E-state index contributed by atoms with van der Waals surface area (Å²) >= 11 is 0. The molecule has 2 aliphatic carbocycles. The Hall–Kier alpha value is -5.09. The summed E-state index contributed by atoms with van der Waals surface area (Å²) in [5.41, 5.74) is 5.33. The summed E-state index contributed by atoms with van der Waals surface area (Å²) < 4.78 is 17.0. The average molecular weight is 773 g/mol. The number of isocyanates is 1. The molecule has 2 spiro atoms. The molecule has 12 nitrogen and oxygen atoms in total. The number of ether oxygens (including phenoxy) is 3. The number of aryl methyl sites for hydroxylation is 4. The van der Waals surface area contributed by atoms with Gasteiger partial charge in [-0.3, -0.25) is 9.59 Å². The van der Waals surface area contributed by atoms with Crippen LogP contribution in [0.25, 0.3) is 11.1 Å². The highest BCUT2D eigenvalue weighted by molar-refractivity contribution is 6.25. The summed E-state index contributed by atoms with van der Waals surface area (Å²) in [5, 5.41) is 19.8. The van der Waals surface area contributed by atoms with Crippen LogP contribution in [0.3, 0.4) is 0 Å². The van der Waals surface area contributed by atoms with Crippen molar-refractivity contribution in [3.05, 3.63) is 69.2 Å². The van der Waals surface area contributed by atoms with E-state index in [4.69, 9.17) is 19.0 Å². The second-order valence-corrected chi connectivity index (χ2v) is 14.8. The normalized spacial score (nSPS) is 17.9. The molecule has 0 unspecified atom stereocenters. The molecule has 0 radical (unpaired) electrons. The largest absolute Gasteiger partial charge is 0.509 e. The molecule has 2 heterocycles. The van der Waals surface area contributed by atoms with Crippen LogP contribution in [-0.2, 0) is 32.0 Å². The van der Waals surface area contributed by atoms with Crippen molar-refractivity contribution in [1.29, 1.82) is 0 Å². The maximum Gasteiger partial charge on any atom is 0.412 e. The van der Waals surface area contributed by atoms with Gasteiger partial charge < -0.3 is 35.3 Å². The van der Waals surface area contributed by atoms with Crippen LogP contribution in [0.5, 0.6) is 11.5 Å². The third-order valence-electron chi connectivity index (χ3n) is 11.0. The van der Waals surface area contributed by atoms with Gasteiger partial charge in [-0.2, -0.15) is 0 Å². The molecule has 2 aromatic carbocycles. The summed E-state index contributed by atoms with van der Waals surface area (Å²) in [6.07, 6.45) is 11.9. The highest BCUT2D eigenvalue weighted by Crippen LogP contribution is 2.47. The van der Waals surface area contributed by atoms with Gasteiger partial charge in [0.1, 0.15) is 23.0 Å².